The molecule has 0 unspecified atom stereocenters. The summed E-state index contributed by atoms with van der Waals surface area (Å²) >= 11 is 0. The first-order valence-corrected chi connectivity index (χ1v) is 4.44. The van der Waals surface area contributed by atoms with E-state index in [1.54, 1.807) is 0 Å². The second kappa shape index (κ2) is 3.92. The lowest BCUT2D eigenvalue weighted by molar-refractivity contribution is 0.0697. The quantitative estimate of drug-likeness (QED) is 0.805. The summed E-state index contributed by atoms with van der Waals surface area (Å²) in [7, 11) is 0. The van der Waals surface area contributed by atoms with E-state index >= 15 is 0 Å². The van der Waals surface area contributed by atoms with Gasteiger partial charge in [-0.05, 0) is 11.6 Å². The van der Waals surface area contributed by atoms with E-state index in [2.05, 4.69) is 11.2 Å². The van der Waals surface area contributed by atoms with Crippen LogP contribution in [0.5, 0.6) is 0 Å². The molecule has 0 bridgehead atoms. The van der Waals surface area contributed by atoms with E-state index in [0.29, 0.717) is 5.56 Å². The molecule has 0 amide bonds. The number of pyridine rings is 1. The molecule has 3 nitrogen and oxygen atoms in total. The zero-order valence-corrected chi connectivity index (χ0v) is 7.84. The second-order valence-corrected chi connectivity index (χ2v) is 3.02. The van der Waals surface area contributed by atoms with Gasteiger partial charge in [-0.25, -0.2) is 4.79 Å². The highest BCUT2D eigenvalue weighted by molar-refractivity contribution is 5.95. The minimum Gasteiger partial charge on any atom is -0.478 e. The molecule has 0 saturated carbocycles. The monoisotopic (exact) mass is 198 g/mol. The summed E-state index contributed by atoms with van der Waals surface area (Å²) in [5, 5.41) is 8.98. The number of nitrogens with zero attached hydrogens (tertiary/aromatic N) is 1. The van der Waals surface area contributed by atoms with Crippen LogP contribution in [0.25, 0.3) is 11.1 Å². The zero-order valence-electron chi connectivity index (χ0n) is 7.84. The Morgan fingerprint density at radius 3 is 2.60 bits per heavy atom. The summed E-state index contributed by atoms with van der Waals surface area (Å²) in [6, 6.07) is 10.7. The van der Waals surface area contributed by atoms with Crippen LogP contribution in [-0.2, 0) is 0 Å². The van der Waals surface area contributed by atoms with Crippen molar-refractivity contribution in [3.8, 4) is 11.1 Å². The summed E-state index contributed by atoms with van der Waals surface area (Å²) in [5.41, 5.74) is 1.55. The van der Waals surface area contributed by atoms with E-state index < -0.39 is 5.97 Å². The molecule has 0 saturated heterocycles. The number of aromatic nitrogens is 1. The number of rotatable bonds is 2. The lowest BCUT2D eigenvalue weighted by Crippen LogP contribution is -1.99. The van der Waals surface area contributed by atoms with Crippen molar-refractivity contribution in [1.82, 2.24) is 4.98 Å². The van der Waals surface area contributed by atoms with Crippen LogP contribution in [0.2, 0.25) is 0 Å². The summed E-state index contributed by atoms with van der Waals surface area (Å²) in [6.07, 6.45) is 4.13. The Bertz CT molecular complexity index is 480. The minimum atomic E-state index is -0.965. The standard InChI is InChI=1S/C12H8NO2/c14-12(15)10-6-7-13-8-11(10)9-4-2-1-3-5-9/h1-7H,(H,14,15). The number of hydrogen-bond acceptors (Lipinski definition) is 2. The van der Waals surface area contributed by atoms with Crippen LogP contribution in [0.4, 0.5) is 0 Å². The van der Waals surface area contributed by atoms with E-state index in [-0.39, 0.29) is 5.56 Å². The number of aromatic carboxylic acids is 1. The number of carboxylic acid groups (broad SMARTS) is 1. The van der Waals surface area contributed by atoms with Crippen LogP contribution in [-0.4, -0.2) is 16.1 Å². The van der Waals surface area contributed by atoms with Crippen LogP contribution < -0.4 is 0 Å². The highest BCUT2D eigenvalue weighted by Gasteiger charge is 2.10. The molecule has 0 aliphatic heterocycles. The molecule has 0 atom stereocenters. The molecule has 0 spiro atoms. The van der Waals surface area contributed by atoms with Crippen molar-refractivity contribution in [3.05, 3.63) is 54.4 Å². The van der Waals surface area contributed by atoms with Gasteiger partial charge in [-0.1, -0.05) is 30.3 Å². The van der Waals surface area contributed by atoms with Crippen molar-refractivity contribution in [2.24, 2.45) is 0 Å². The molecule has 1 N–H and O–H groups in total. The molecular weight excluding hydrogens is 190 g/mol. The maximum absolute atomic E-state index is 10.9. The van der Waals surface area contributed by atoms with Crippen LogP contribution in [0.3, 0.4) is 0 Å². The summed E-state index contributed by atoms with van der Waals surface area (Å²) in [4.78, 5) is 14.8. The number of carbonyl (C=O) groups is 1. The molecule has 0 fully saturated rings. The fraction of sp³-hybridized carbons (Fsp3) is 0. The maximum Gasteiger partial charge on any atom is 0.336 e. The zero-order chi connectivity index (χ0) is 10.7. The molecule has 1 aromatic heterocycles. The number of hydrogen-bond donors (Lipinski definition) is 1. The van der Waals surface area contributed by atoms with Gasteiger partial charge >= 0.3 is 5.97 Å². The summed E-state index contributed by atoms with van der Waals surface area (Å²) in [6.45, 7) is 0. The van der Waals surface area contributed by atoms with Crippen LogP contribution in [0.15, 0.2) is 42.6 Å². The molecule has 73 valence electrons. The van der Waals surface area contributed by atoms with Gasteiger partial charge in [0.2, 0.25) is 0 Å². The minimum absolute atomic E-state index is 0.219. The van der Waals surface area contributed by atoms with Gasteiger partial charge in [0.15, 0.2) is 0 Å². The first-order valence-electron chi connectivity index (χ1n) is 4.44. The van der Waals surface area contributed by atoms with Gasteiger partial charge in [0.1, 0.15) is 0 Å². The molecule has 2 aromatic rings. The van der Waals surface area contributed by atoms with Gasteiger partial charge in [-0.3, -0.25) is 4.98 Å². The summed E-state index contributed by atoms with van der Waals surface area (Å²) in [5.74, 6) is -0.965. The summed E-state index contributed by atoms with van der Waals surface area (Å²) < 4.78 is 0. The third kappa shape index (κ3) is 1.86. The fourth-order valence-electron chi connectivity index (χ4n) is 1.36. The molecule has 1 radical (unpaired) electrons. The highest BCUT2D eigenvalue weighted by atomic mass is 16.4. The molecule has 0 aliphatic rings. The number of benzene rings is 1. The fourth-order valence-corrected chi connectivity index (χ4v) is 1.36. The van der Waals surface area contributed by atoms with Crippen molar-refractivity contribution >= 4 is 5.97 Å². The van der Waals surface area contributed by atoms with E-state index in [4.69, 9.17) is 5.11 Å². The maximum atomic E-state index is 10.9. The molecular formula is C12H8NO2. The smallest absolute Gasteiger partial charge is 0.336 e. The first-order chi connectivity index (χ1) is 7.29. The van der Waals surface area contributed by atoms with Gasteiger partial charge in [0.05, 0.1) is 11.8 Å². The largest absolute Gasteiger partial charge is 0.478 e. The van der Waals surface area contributed by atoms with E-state index in [1.165, 1.54) is 12.3 Å². The van der Waals surface area contributed by atoms with Crippen molar-refractivity contribution in [2.45, 2.75) is 0 Å². The highest BCUT2D eigenvalue weighted by Crippen LogP contribution is 2.21. The average molecular weight is 198 g/mol. The van der Waals surface area contributed by atoms with Crippen LogP contribution in [0, 0.1) is 6.20 Å². The average Bonchev–Trinajstić information content (AvgIpc) is 2.30. The number of carboxylic acids is 1. The molecule has 2 rings (SSSR count). The Balaban J connectivity index is 2.58. The van der Waals surface area contributed by atoms with Gasteiger partial charge in [0.25, 0.3) is 0 Å². The molecule has 0 aliphatic carbocycles. The Hall–Kier alpha value is -2.16. The second-order valence-electron chi connectivity index (χ2n) is 3.02. The van der Waals surface area contributed by atoms with E-state index in [9.17, 15) is 4.79 Å². The van der Waals surface area contributed by atoms with Crippen molar-refractivity contribution in [1.29, 1.82) is 0 Å². The predicted molar refractivity (Wildman–Crippen MR) is 55.5 cm³/mol. The lowest BCUT2D eigenvalue weighted by atomic mass is 10.0. The van der Waals surface area contributed by atoms with Gasteiger partial charge in [-0.15, -0.1) is 0 Å². The Morgan fingerprint density at radius 2 is 1.93 bits per heavy atom. The van der Waals surface area contributed by atoms with Crippen LogP contribution >= 0.6 is 0 Å². The van der Waals surface area contributed by atoms with Crippen molar-refractivity contribution < 1.29 is 9.90 Å². The predicted octanol–water partition coefficient (Wildman–Crippen LogP) is 2.25. The third-order valence-electron chi connectivity index (χ3n) is 2.05. The Kier molecular flexibility index (Phi) is 2.46. The SMILES string of the molecule is O=C(O)c1ccn[c]c1-c1ccccc1. The van der Waals surface area contributed by atoms with Gasteiger partial charge < -0.3 is 5.11 Å². The van der Waals surface area contributed by atoms with E-state index in [1.807, 2.05) is 30.3 Å². The third-order valence-corrected chi connectivity index (χ3v) is 2.05. The lowest BCUT2D eigenvalue weighted by Gasteiger charge is -2.03. The molecule has 15 heavy (non-hydrogen) atoms. The van der Waals surface area contributed by atoms with Gasteiger partial charge in [0, 0.05) is 11.8 Å². The van der Waals surface area contributed by atoms with E-state index in [0.717, 1.165) is 5.56 Å². The van der Waals surface area contributed by atoms with Crippen molar-refractivity contribution in [3.63, 3.8) is 0 Å². The first kappa shape index (κ1) is 9.40. The molecule has 1 aromatic carbocycles. The molecule has 3 heteroatoms. The topological polar surface area (TPSA) is 50.2 Å². The van der Waals surface area contributed by atoms with Crippen molar-refractivity contribution in [2.75, 3.05) is 0 Å². The molecule has 1 heterocycles. The Labute approximate surface area is 87.0 Å². The normalized spacial score (nSPS) is 9.87. The van der Waals surface area contributed by atoms with Gasteiger partial charge in [-0.2, -0.15) is 0 Å². The Morgan fingerprint density at radius 1 is 1.20 bits per heavy atom. The van der Waals surface area contributed by atoms with Crippen LogP contribution in [0.1, 0.15) is 10.4 Å².